The highest BCUT2D eigenvalue weighted by atomic mass is 16.5. The predicted molar refractivity (Wildman–Crippen MR) is 108 cm³/mol. The number of hydrogen-bond acceptors (Lipinski definition) is 4. The van der Waals surface area contributed by atoms with Crippen molar-refractivity contribution in [1.82, 2.24) is 15.0 Å². The molecular weight excluding hydrogens is 334 g/mol. The summed E-state index contributed by atoms with van der Waals surface area (Å²) in [5, 5.41) is 6.87. The summed E-state index contributed by atoms with van der Waals surface area (Å²) in [5.74, 6) is 2.83. The maximum atomic E-state index is 5.67. The molecule has 1 aliphatic heterocycles. The third-order valence-corrected chi connectivity index (χ3v) is 6.19. The van der Waals surface area contributed by atoms with E-state index in [1.165, 1.54) is 61.5 Å². The van der Waals surface area contributed by atoms with Gasteiger partial charge in [-0.05, 0) is 35.1 Å². The summed E-state index contributed by atoms with van der Waals surface area (Å²) in [6.07, 6.45) is 6.23. The minimum Gasteiger partial charge on any atom is -0.339 e. The van der Waals surface area contributed by atoms with Crippen molar-refractivity contribution < 1.29 is 4.52 Å². The van der Waals surface area contributed by atoms with Gasteiger partial charge >= 0.3 is 0 Å². The Bertz CT molecular complexity index is 936. The first kappa shape index (κ1) is 16.9. The van der Waals surface area contributed by atoms with E-state index in [4.69, 9.17) is 9.51 Å². The zero-order valence-corrected chi connectivity index (χ0v) is 16.0. The second-order valence-electron chi connectivity index (χ2n) is 8.41. The van der Waals surface area contributed by atoms with Crippen LogP contribution in [0.3, 0.4) is 0 Å². The van der Waals surface area contributed by atoms with Crippen LogP contribution in [0.4, 0.5) is 0 Å². The SMILES string of the molecule is CC1CN(Cc2ccc(-c3noc(C4CCCCC4)n3)c3ccccc23)C1. The molecule has 1 aliphatic carbocycles. The Morgan fingerprint density at radius 3 is 2.56 bits per heavy atom. The normalized spacial score (nSPS) is 19.4. The van der Waals surface area contributed by atoms with Crippen LogP contribution in [0.15, 0.2) is 40.9 Å². The van der Waals surface area contributed by atoms with Gasteiger partial charge in [0.05, 0.1) is 0 Å². The van der Waals surface area contributed by atoms with Gasteiger partial charge in [0.15, 0.2) is 0 Å². The van der Waals surface area contributed by atoms with Gasteiger partial charge in [-0.1, -0.05) is 67.7 Å². The second kappa shape index (κ2) is 7.08. The van der Waals surface area contributed by atoms with Crippen LogP contribution in [0, 0.1) is 5.92 Å². The molecule has 2 aliphatic rings. The Balaban J connectivity index is 1.48. The quantitative estimate of drug-likeness (QED) is 0.625. The molecule has 4 heteroatoms. The topological polar surface area (TPSA) is 42.2 Å². The summed E-state index contributed by atoms with van der Waals surface area (Å²) in [6, 6.07) is 13.1. The summed E-state index contributed by atoms with van der Waals surface area (Å²) in [5.41, 5.74) is 2.47. The molecule has 1 aromatic heterocycles. The van der Waals surface area contributed by atoms with Crippen LogP contribution in [0.5, 0.6) is 0 Å². The number of nitrogens with zero attached hydrogens (tertiary/aromatic N) is 3. The highest BCUT2D eigenvalue weighted by Gasteiger charge is 2.24. The molecular formula is C23H27N3O. The van der Waals surface area contributed by atoms with Gasteiger partial charge in [0, 0.05) is 31.1 Å². The molecule has 27 heavy (non-hydrogen) atoms. The maximum absolute atomic E-state index is 5.67. The van der Waals surface area contributed by atoms with E-state index in [0.717, 1.165) is 29.7 Å². The zero-order chi connectivity index (χ0) is 18.2. The van der Waals surface area contributed by atoms with Crippen molar-refractivity contribution in [2.75, 3.05) is 13.1 Å². The van der Waals surface area contributed by atoms with Crippen LogP contribution < -0.4 is 0 Å². The first-order chi connectivity index (χ1) is 13.3. The average molecular weight is 361 g/mol. The molecule has 1 saturated carbocycles. The summed E-state index contributed by atoms with van der Waals surface area (Å²) < 4.78 is 5.67. The third kappa shape index (κ3) is 3.27. The highest BCUT2D eigenvalue weighted by Crippen LogP contribution is 2.35. The van der Waals surface area contributed by atoms with Gasteiger partial charge in [0.2, 0.25) is 11.7 Å². The van der Waals surface area contributed by atoms with Crippen LogP contribution in [0.25, 0.3) is 22.2 Å². The molecule has 0 atom stereocenters. The average Bonchev–Trinajstić information content (AvgIpc) is 3.17. The van der Waals surface area contributed by atoms with Crippen molar-refractivity contribution in [3.63, 3.8) is 0 Å². The van der Waals surface area contributed by atoms with Crippen LogP contribution in [0.2, 0.25) is 0 Å². The molecule has 2 fully saturated rings. The first-order valence-corrected chi connectivity index (χ1v) is 10.3. The molecule has 5 rings (SSSR count). The van der Waals surface area contributed by atoms with E-state index in [9.17, 15) is 0 Å². The van der Waals surface area contributed by atoms with Gasteiger partial charge < -0.3 is 4.52 Å². The lowest BCUT2D eigenvalue weighted by Crippen LogP contribution is -2.44. The molecule has 0 radical (unpaired) electrons. The van der Waals surface area contributed by atoms with Crippen molar-refractivity contribution in [2.45, 2.75) is 51.5 Å². The minimum absolute atomic E-state index is 0.443. The molecule has 0 unspecified atom stereocenters. The van der Waals surface area contributed by atoms with Crippen molar-refractivity contribution in [3.8, 4) is 11.4 Å². The fraction of sp³-hybridized carbons (Fsp3) is 0.478. The van der Waals surface area contributed by atoms with Crippen molar-refractivity contribution in [1.29, 1.82) is 0 Å². The Kier molecular flexibility index (Phi) is 4.44. The summed E-state index contributed by atoms with van der Waals surface area (Å²) >= 11 is 0. The van der Waals surface area contributed by atoms with Crippen LogP contribution in [0.1, 0.15) is 56.4 Å². The first-order valence-electron chi connectivity index (χ1n) is 10.3. The van der Waals surface area contributed by atoms with E-state index in [1.54, 1.807) is 0 Å². The van der Waals surface area contributed by atoms with Gasteiger partial charge in [-0.2, -0.15) is 4.98 Å². The number of hydrogen-bond donors (Lipinski definition) is 0. The molecule has 2 heterocycles. The van der Waals surface area contributed by atoms with E-state index in [-0.39, 0.29) is 0 Å². The minimum atomic E-state index is 0.443. The Labute approximate surface area is 160 Å². The monoisotopic (exact) mass is 361 g/mol. The fourth-order valence-corrected chi connectivity index (χ4v) is 4.75. The van der Waals surface area contributed by atoms with Gasteiger partial charge in [0.1, 0.15) is 0 Å². The molecule has 0 bridgehead atoms. The number of rotatable bonds is 4. The van der Waals surface area contributed by atoms with E-state index in [0.29, 0.717) is 5.92 Å². The maximum Gasteiger partial charge on any atom is 0.230 e. The zero-order valence-electron chi connectivity index (χ0n) is 16.0. The largest absolute Gasteiger partial charge is 0.339 e. The van der Waals surface area contributed by atoms with E-state index >= 15 is 0 Å². The van der Waals surface area contributed by atoms with Gasteiger partial charge in [-0.15, -0.1) is 0 Å². The molecule has 1 saturated heterocycles. The lowest BCUT2D eigenvalue weighted by molar-refractivity contribution is 0.105. The van der Waals surface area contributed by atoms with E-state index in [1.807, 2.05) is 0 Å². The molecule has 3 aromatic rings. The lowest BCUT2D eigenvalue weighted by Gasteiger charge is -2.37. The highest BCUT2D eigenvalue weighted by molar-refractivity contribution is 5.97. The Hall–Kier alpha value is -2.20. The molecule has 2 aromatic carbocycles. The number of likely N-dealkylation sites (tertiary alicyclic amines) is 1. The van der Waals surface area contributed by atoms with Crippen LogP contribution >= 0.6 is 0 Å². The Morgan fingerprint density at radius 2 is 1.78 bits per heavy atom. The van der Waals surface area contributed by atoms with E-state index < -0.39 is 0 Å². The fourth-order valence-electron chi connectivity index (χ4n) is 4.75. The van der Waals surface area contributed by atoms with Crippen LogP contribution in [-0.2, 0) is 6.54 Å². The number of fused-ring (bicyclic) bond motifs is 1. The van der Waals surface area contributed by atoms with Crippen molar-refractivity contribution in [2.24, 2.45) is 5.92 Å². The van der Waals surface area contributed by atoms with Crippen LogP contribution in [-0.4, -0.2) is 28.1 Å². The molecule has 140 valence electrons. The van der Waals surface area contributed by atoms with Crippen molar-refractivity contribution >= 4 is 10.8 Å². The molecule has 0 N–H and O–H groups in total. The predicted octanol–water partition coefficient (Wildman–Crippen LogP) is 5.39. The van der Waals surface area contributed by atoms with Crippen molar-refractivity contribution in [3.05, 3.63) is 47.9 Å². The summed E-state index contributed by atoms with van der Waals surface area (Å²) in [7, 11) is 0. The lowest BCUT2D eigenvalue weighted by atomic mass is 9.89. The van der Waals surface area contributed by atoms with Gasteiger partial charge in [-0.25, -0.2) is 0 Å². The molecule has 0 amide bonds. The smallest absolute Gasteiger partial charge is 0.230 e. The Morgan fingerprint density at radius 1 is 1.00 bits per heavy atom. The van der Waals surface area contributed by atoms with Gasteiger partial charge in [0.25, 0.3) is 0 Å². The molecule has 0 spiro atoms. The molecule has 4 nitrogen and oxygen atoms in total. The van der Waals surface area contributed by atoms with E-state index in [2.05, 4.69) is 53.4 Å². The summed E-state index contributed by atoms with van der Waals surface area (Å²) in [4.78, 5) is 7.31. The number of benzene rings is 2. The third-order valence-electron chi connectivity index (χ3n) is 6.19. The second-order valence-corrected chi connectivity index (χ2v) is 8.41. The summed E-state index contributed by atoms with van der Waals surface area (Å²) in [6.45, 7) is 5.74. The number of aromatic nitrogens is 2. The van der Waals surface area contributed by atoms with Gasteiger partial charge in [-0.3, -0.25) is 4.90 Å². The standard InChI is InChI=1S/C23H27N3O/c1-16-13-26(14-16)15-18-11-12-21(20-10-6-5-9-19(18)20)22-24-23(27-25-22)17-7-3-2-4-8-17/h5-6,9-12,16-17H,2-4,7-8,13-15H2,1H3.